The van der Waals surface area contributed by atoms with Gasteiger partial charge in [-0.25, -0.2) is 4.98 Å². The van der Waals surface area contributed by atoms with Crippen molar-refractivity contribution in [2.75, 3.05) is 11.9 Å². The third-order valence-corrected chi connectivity index (χ3v) is 2.58. The molecule has 0 saturated heterocycles. The van der Waals surface area contributed by atoms with E-state index in [1.165, 1.54) is 18.0 Å². The minimum absolute atomic E-state index is 0.134. The van der Waals surface area contributed by atoms with Crippen LogP contribution in [0.15, 0.2) is 6.20 Å². The molecular weight excluding hydrogens is 190 g/mol. The number of hydrogen-bond acceptors (Lipinski definition) is 4. The van der Waals surface area contributed by atoms with Crippen molar-refractivity contribution in [1.29, 1.82) is 0 Å². The summed E-state index contributed by atoms with van der Waals surface area (Å²) >= 11 is 1.10. The fourth-order valence-electron chi connectivity index (χ4n) is 0.669. The summed E-state index contributed by atoms with van der Waals surface area (Å²) in [5, 5.41) is 0.473. The molecule has 5 nitrogen and oxygen atoms in total. The van der Waals surface area contributed by atoms with E-state index in [1.54, 1.807) is 7.05 Å². The molecule has 0 aliphatic carbocycles. The van der Waals surface area contributed by atoms with Gasteiger partial charge in [-0.2, -0.15) is 0 Å². The van der Waals surface area contributed by atoms with E-state index in [9.17, 15) is 9.59 Å². The first-order valence-electron chi connectivity index (χ1n) is 3.52. The Kier molecular flexibility index (Phi) is 2.62. The Morgan fingerprint density at radius 3 is 2.62 bits per heavy atom. The van der Waals surface area contributed by atoms with Crippen molar-refractivity contribution in [3.8, 4) is 0 Å². The molecule has 0 aliphatic heterocycles. The van der Waals surface area contributed by atoms with Crippen molar-refractivity contribution < 1.29 is 9.59 Å². The first-order chi connectivity index (χ1) is 6.02. The highest BCUT2D eigenvalue weighted by atomic mass is 32.1. The summed E-state index contributed by atoms with van der Waals surface area (Å²) in [6.45, 7) is 1.42. The minimum Gasteiger partial charge on any atom is -0.365 e. The average Bonchev–Trinajstić information content (AvgIpc) is 2.50. The summed E-state index contributed by atoms with van der Waals surface area (Å²) < 4.78 is 0. The quantitative estimate of drug-likeness (QED) is 0.740. The van der Waals surface area contributed by atoms with Gasteiger partial charge in [-0.15, -0.1) is 0 Å². The lowest BCUT2D eigenvalue weighted by Crippen LogP contribution is -2.22. The molecule has 0 saturated carbocycles. The smallest absolute Gasteiger partial charge is 0.260 e. The van der Waals surface area contributed by atoms with E-state index in [-0.39, 0.29) is 5.91 Å². The molecule has 0 aliphatic rings. The number of hydrogen-bond donors (Lipinski definition) is 1. The third-order valence-electron chi connectivity index (χ3n) is 1.50. The molecule has 0 spiro atoms. The van der Waals surface area contributed by atoms with Gasteiger partial charge in [0.15, 0.2) is 5.13 Å². The van der Waals surface area contributed by atoms with Gasteiger partial charge in [0, 0.05) is 14.0 Å². The number of anilines is 1. The molecular formula is C7H9N3O2S. The Morgan fingerprint density at radius 2 is 2.23 bits per heavy atom. The molecule has 1 aromatic rings. The van der Waals surface area contributed by atoms with Crippen LogP contribution in [0.4, 0.5) is 5.13 Å². The molecule has 0 atom stereocenters. The second kappa shape index (κ2) is 3.53. The van der Waals surface area contributed by atoms with Gasteiger partial charge in [0.25, 0.3) is 5.91 Å². The first kappa shape index (κ1) is 9.66. The van der Waals surface area contributed by atoms with Gasteiger partial charge in [0.2, 0.25) is 5.91 Å². The van der Waals surface area contributed by atoms with E-state index in [2.05, 4.69) is 4.98 Å². The normalized spacial score (nSPS) is 9.69. The molecule has 0 fully saturated rings. The predicted molar refractivity (Wildman–Crippen MR) is 49.7 cm³/mol. The largest absolute Gasteiger partial charge is 0.365 e. The van der Waals surface area contributed by atoms with Gasteiger partial charge in [-0.1, -0.05) is 11.3 Å². The highest BCUT2D eigenvalue weighted by Crippen LogP contribution is 2.20. The molecule has 0 unspecified atom stereocenters. The number of carbonyl (C=O) groups is 2. The standard InChI is InChI=1S/C7H9N3O2S/c1-4(11)10(2)7-9-3-5(13-7)6(8)12/h3H,1-2H3,(H2,8,12). The zero-order valence-corrected chi connectivity index (χ0v) is 8.09. The van der Waals surface area contributed by atoms with Gasteiger partial charge in [-0.3, -0.25) is 14.5 Å². The minimum atomic E-state index is -0.527. The van der Waals surface area contributed by atoms with E-state index in [4.69, 9.17) is 5.73 Å². The van der Waals surface area contributed by atoms with Crippen LogP contribution in [0.1, 0.15) is 16.6 Å². The molecule has 1 heterocycles. The highest BCUT2D eigenvalue weighted by molar-refractivity contribution is 7.17. The van der Waals surface area contributed by atoms with E-state index >= 15 is 0 Å². The highest BCUT2D eigenvalue weighted by Gasteiger charge is 2.12. The maximum atomic E-state index is 10.9. The van der Waals surface area contributed by atoms with Crippen LogP contribution in [0.3, 0.4) is 0 Å². The van der Waals surface area contributed by atoms with Gasteiger partial charge in [0.05, 0.1) is 6.20 Å². The number of nitrogens with zero attached hydrogens (tertiary/aromatic N) is 2. The number of carbonyl (C=O) groups excluding carboxylic acids is 2. The summed E-state index contributed by atoms with van der Waals surface area (Å²) in [6, 6.07) is 0. The molecule has 70 valence electrons. The fraction of sp³-hybridized carbons (Fsp3) is 0.286. The van der Waals surface area contributed by atoms with Crippen molar-refractivity contribution in [3.05, 3.63) is 11.1 Å². The van der Waals surface area contributed by atoms with Crippen molar-refractivity contribution in [2.45, 2.75) is 6.92 Å². The van der Waals surface area contributed by atoms with E-state index in [0.29, 0.717) is 10.0 Å². The lowest BCUT2D eigenvalue weighted by Gasteiger charge is -2.08. The van der Waals surface area contributed by atoms with Gasteiger partial charge >= 0.3 is 0 Å². The molecule has 1 rings (SSSR count). The predicted octanol–water partition coefficient (Wildman–Crippen LogP) is 0.225. The molecule has 6 heteroatoms. The number of aromatic nitrogens is 1. The van der Waals surface area contributed by atoms with Crippen LogP contribution in [0.2, 0.25) is 0 Å². The maximum Gasteiger partial charge on any atom is 0.260 e. The zero-order chi connectivity index (χ0) is 10.0. The van der Waals surface area contributed by atoms with Crippen molar-refractivity contribution in [2.24, 2.45) is 5.73 Å². The lowest BCUT2D eigenvalue weighted by molar-refractivity contribution is -0.116. The van der Waals surface area contributed by atoms with Crippen LogP contribution in [0.5, 0.6) is 0 Å². The van der Waals surface area contributed by atoms with Crippen molar-refractivity contribution in [1.82, 2.24) is 4.98 Å². The topological polar surface area (TPSA) is 76.3 Å². The molecule has 13 heavy (non-hydrogen) atoms. The van der Waals surface area contributed by atoms with Crippen LogP contribution in [0, 0.1) is 0 Å². The Hall–Kier alpha value is -1.43. The van der Waals surface area contributed by atoms with Gasteiger partial charge in [-0.05, 0) is 0 Å². The molecule has 0 aromatic carbocycles. The summed E-state index contributed by atoms with van der Waals surface area (Å²) in [5.74, 6) is -0.661. The van der Waals surface area contributed by atoms with E-state index in [1.807, 2.05) is 0 Å². The second-order valence-corrected chi connectivity index (χ2v) is 3.46. The molecule has 2 amide bonds. The molecule has 1 aromatic heterocycles. The van der Waals surface area contributed by atoms with E-state index < -0.39 is 5.91 Å². The summed E-state index contributed by atoms with van der Waals surface area (Å²) in [6.07, 6.45) is 1.36. The Labute approximate surface area is 79.2 Å². The number of nitrogens with two attached hydrogens (primary N) is 1. The number of primary amides is 1. The summed E-state index contributed by atoms with van der Waals surface area (Å²) in [7, 11) is 1.59. The monoisotopic (exact) mass is 199 g/mol. The van der Waals surface area contributed by atoms with Crippen LogP contribution < -0.4 is 10.6 Å². The van der Waals surface area contributed by atoms with Crippen LogP contribution in [-0.2, 0) is 4.79 Å². The average molecular weight is 199 g/mol. The van der Waals surface area contributed by atoms with Crippen LogP contribution in [-0.4, -0.2) is 23.8 Å². The molecule has 0 bridgehead atoms. The molecule has 2 N–H and O–H groups in total. The maximum absolute atomic E-state index is 10.9. The Balaban J connectivity index is 2.91. The third kappa shape index (κ3) is 2.03. The Bertz CT molecular complexity index is 347. The lowest BCUT2D eigenvalue weighted by atomic mass is 10.5. The summed E-state index contributed by atoms with van der Waals surface area (Å²) in [5.41, 5.74) is 5.03. The number of amides is 2. The first-order valence-corrected chi connectivity index (χ1v) is 4.34. The summed E-state index contributed by atoms with van der Waals surface area (Å²) in [4.78, 5) is 27.2. The van der Waals surface area contributed by atoms with Crippen LogP contribution >= 0.6 is 11.3 Å². The second-order valence-electron chi connectivity index (χ2n) is 2.45. The zero-order valence-electron chi connectivity index (χ0n) is 7.27. The van der Waals surface area contributed by atoms with Gasteiger partial charge in [0.1, 0.15) is 4.88 Å². The molecule has 0 radical (unpaired) electrons. The number of thiazole rings is 1. The van der Waals surface area contributed by atoms with E-state index in [0.717, 1.165) is 11.3 Å². The van der Waals surface area contributed by atoms with Gasteiger partial charge < -0.3 is 5.73 Å². The fourth-order valence-corrected chi connectivity index (χ4v) is 1.44. The van der Waals surface area contributed by atoms with Crippen molar-refractivity contribution >= 4 is 28.3 Å². The Morgan fingerprint density at radius 1 is 1.62 bits per heavy atom. The number of rotatable bonds is 2. The SMILES string of the molecule is CC(=O)N(C)c1ncc(C(N)=O)s1. The van der Waals surface area contributed by atoms with Crippen molar-refractivity contribution in [3.63, 3.8) is 0 Å². The van der Waals surface area contributed by atoms with Crippen LogP contribution in [0.25, 0.3) is 0 Å².